The zero-order valence-corrected chi connectivity index (χ0v) is 17.9. The summed E-state index contributed by atoms with van der Waals surface area (Å²) in [6.45, 7) is 2.21. The Bertz CT molecular complexity index is 1020. The van der Waals surface area contributed by atoms with Crippen molar-refractivity contribution in [1.82, 2.24) is 4.31 Å². The molecule has 0 spiro atoms. The van der Waals surface area contributed by atoms with Crippen molar-refractivity contribution in [2.24, 2.45) is 0 Å². The van der Waals surface area contributed by atoms with Gasteiger partial charge in [0, 0.05) is 18.7 Å². The minimum Gasteiger partial charge on any atom is -0.497 e. The van der Waals surface area contributed by atoms with E-state index in [1.807, 2.05) is 0 Å². The highest BCUT2D eigenvalue weighted by atomic mass is 32.2. The smallest absolute Gasteiger partial charge is 0.338 e. The quantitative estimate of drug-likeness (QED) is 0.494. The number of nitrogens with zero attached hydrogens (tertiary/aromatic N) is 1. The van der Waals surface area contributed by atoms with Gasteiger partial charge in [-0.3, -0.25) is 4.79 Å². The number of piperidine rings is 1. The number of sulfonamides is 1. The molecule has 0 unspecified atom stereocenters. The highest BCUT2D eigenvalue weighted by Crippen LogP contribution is 2.24. The second-order valence-corrected chi connectivity index (χ2v) is 9.08. The Morgan fingerprint density at radius 1 is 0.967 bits per heavy atom. The van der Waals surface area contributed by atoms with Gasteiger partial charge in [-0.15, -0.1) is 0 Å². The molecular formula is C22H25NO6S. The van der Waals surface area contributed by atoms with Crippen molar-refractivity contribution in [1.29, 1.82) is 0 Å². The number of aryl methyl sites for hydroxylation is 1. The van der Waals surface area contributed by atoms with Crippen LogP contribution in [0.5, 0.6) is 5.75 Å². The fraction of sp³-hybridized carbons (Fsp3) is 0.364. The monoisotopic (exact) mass is 431 g/mol. The largest absolute Gasteiger partial charge is 0.497 e. The summed E-state index contributed by atoms with van der Waals surface area (Å²) < 4.78 is 37.6. The van der Waals surface area contributed by atoms with Crippen LogP contribution in [0.4, 0.5) is 0 Å². The van der Waals surface area contributed by atoms with E-state index in [4.69, 9.17) is 9.47 Å². The third kappa shape index (κ3) is 4.88. The van der Waals surface area contributed by atoms with Crippen LogP contribution in [0.3, 0.4) is 0 Å². The first kappa shape index (κ1) is 22.0. The van der Waals surface area contributed by atoms with Crippen molar-refractivity contribution in [3.63, 3.8) is 0 Å². The molecule has 1 fully saturated rings. The molecule has 0 bridgehead atoms. The molecule has 0 atom stereocenters. The molecule has 0 N–H and O–H groups in total. The molecule has 0 aliphatic carbocycles. The SMILES string of the molecule is COc1ccc(C(=O)COC(=O)c2ccc(C)c(S(=O)(=O)N3CCCCC3)c2)cc1. The van der Waals surface area contributed by atoms with Crippen LogP contribution in [0.25, 0.3) is 0 Å². The Kier molecular flexibility index (Phi) is 6.89. The van der Waals surface area contributed by atoms with Gasteiger partial charge in [0.05, 0.1) is 17.6 Å². The molecule has 0 saturated carbocycles. The number of ether oxygens (including phenoxy) is 2. The first-order valence-electron chi connectivity index (χ1n) is 9.78. The number of esters is 1. The third-order valence-corrected chi connectivity index (χ3v) is 7.14. The van der Waals surface area contributed by atoms with Crippen LogP contribution in [-0.2, 0) is 14.8 Å². The molecule has 1 heterocycles. The van der Waals surface area contributed by atoms with Crippen molar-refractivity contribution in [3.05, 3.63) is 59.2 Å². The van der Waals surface area contributed by atoms with Crippen LogP contribution in [0.1, 0.15) is 45.5 Å². The number of hydrogen-bond donors (Lipinski definition) is 0. The van der Waals surface area contributed by atoms with E-state index in [2.05, 4.69) is 0 Å². The molecule has 1 aliphatic rings. The maximum Gasteiger partial charge on any atom is 0.338 e. The molecule has 1 aliphatic heterocycles. The molecular weight excluding hydrogens is 406 g/mol. The first-order chi connectivity index (χ1) is 14.3. The van der Waals surface area contributed by atoms with Crippen molar-refractivity contribution in [2.75, 3.05) is 26.8 Å². The topological polar surface area (TPSA) is 90.0 Å². The lowest BCUT2D eigenvalue weighted by Crippen LogP contribution is -2.36. The lowest BCUT2D eigenvalue weighted by Gasteiger charge is -2.26. The van der Waals surface area contributed by atoms with Crippen molar-refractivity contribution in [3.8, 4) is 5.75 Å². The molecule has 0 amide bonds. The fourth-order valence-electron chi connectivity index (χ4n) is 3.32. The van der Waals surface area contributed by atoms with Gasteiger partial charge in [-0.25, -0.2) is 13.2 Å². The van der Waals surface area contributed by atoms with Gasteiger partial charge < -0.3 is 9.47 Å². The zero-order chi connectivity index (χ0) is 21.7. The van der Waals surface area contributed by atoms with Gasteiger partial charge in [0.15, 0.2) is 12.4 Å². The average Bonchev–Trinajstić information content (AvgIpc) is 2.78. The molecule has 160 valence electrons. The Labute approximate surface area is 176 Å². The maximum absolute atomic E-state index is 13.0. The fourth-order valence-corrected chi connectivity index (χ4v) is 5.09. The predicted molar refractivity (Wildman–Crippen MR) is 111 cm³/mol. The molecule has 8 heteroatoms. The van der Waals surface area contributed by atoms with Crippen LogP contribution < -0.4 is 4.74 Å². The van der Waals surface area contributed by atoms with E-state index in [9.17, 15) is 18.0 Å². The summed E-state index contributed by atoms with van der Waals surface area (Å²) in [5, 5.41) is 0. The van der Waals surface area contributed by atoms with E-state index < -0.39 is 22.6 Å². The second kappa shape index (κ2) is 9.40. The van der Waals surface area contributed by atoms with Crippen LogP contribution in [0.2, 0.25) is 0 Å². The summed E-state index contributed by atoms with van der Waals surface area (Å²) in [6, 6.07) is 10.9. The van der Waals surface area contributed by atoms with Crippen LogP contribution in [0.15, 0.2) is 47.4 Å². The van der Waals surface area contributed by atoms with Gasteiger partial charge in [0.2, 0.25) is 10.0 Å². The Balaban J connectivity index is 1.71. The number of ketones is 1. The van der Waals surface area contributed by atoms with Gasteiger partial charge in [-0.2, -0.15) is 4.31 Å². The Morgan fingerprint density at radius 2 is 1.60 bits per heavy atom. The number of methoxy groups -OCH3 is 1. The molecule has 2 aromatic carbocycles. The van der Waals surface area contributed by atoms with Crippen molar-refractivity contribution >= 4 is 21.8 Å². The lowest BCUT2D eigenvalue weighted by atomic mass is 10.1. The van der Waals surface area contributed by atoms with Gasteiger partial charge in [0.1, 0.15) is 5.75 Å². The molecule has 30 heavy (non-hydrogen) atoms. The summed E-state index contributed by atoms with van der Waals surface area (Å²) >= 11 is 0. The highest BCUT2D eigenvalue weighted by Gasteiger charge is 2.28. The summed E-state index contributed by atoms with van der Waals surface area (Å²) in [5.41, 5.74) is 1.05. The van der Waals surface area contributed by atoms with E-state index in [0.29, 0.717) is 30.0 Å². The Hall–Kier alpha value is -2.71. The van der Waals surface area contributed by atoms with Crippen molar-refractivity contribution in [2.45, 2.75) is 31.1 Å². The van der Waals surface area contributed by atoms with E-state index in [1.54, 1.807) is 37.3 Å². The number of rotatable bonds is 7. The van der Waals surface area contributed by atoms with E-state index in [1.165, 1.54) is 23.5 Å². The summed E-state index contributed by atoms with van der Waals surface area (Å²) in [6.07, 6.45) is 2.67. The zero-order valence-electron chi connectivity index (χ0n) is 17.1. The van der Waals surface area contributed by atoms with E-state index in [0.717, 1.165) is 19.3 Å². The van der Waals surface area contributed by atoms with Crippen LogP contribution in [-0.4, -0.2) is 51.3 Å². The number of hydrogen-bond acceptors (Lipinski definition) is 6. The molecule has 3 rings (SSSR count). The molecule has 0 aromatic heterocycles. The Morgan fingerprint density at radius 3 is 2.23 bits per heavy atom. The van der Waals surface area contributed by atoms with Gasteiger partial charge in [-0.05, 0) is 61.7 Å². The molecule has 1 saturated heterocycles. The summed E-state index contributed by atoms with van der Waals surface area (Å²) in [7, 11) is -2.16. The number of carbonyl (C=O) groups excluding carboxylic acids is 2. The van der Waals surface area contributed by atoms with Gasteiger partial charge in [0.25, 0.3) is 0 Å². The minimum absolute atomic E-state index is 0.0960. The second-order valence-electron chi connectivity index (χ2n) is 7.17. The van der Waals surface area contributed by atoms with Crippen molar-refractivity contribution < 1.29 is 27.5 Å². The van der Waals surface area contributed by atoms with Gasteiger partial charge in [-0.1, -0.05) is 12.5 Å². The van der Waals surface area contributed by atoms with E-state index >= 15 is 0 Å². The predicted octanol–water partition coefficient (Wildman–Crippen LogP) is 3.22. The molecule has 7 nitrogen and oxygen atoms in total. The third-order valence-electron chi connectivity index (χ3n) is 5.10. The number of carbonyl (C=O) groups is 2. The van der Waals surface area contributed by atoms with Crippen LogP contribution >= 0.6 is 0 Å². The van der Waals surface area contributed by atoms with Gasteiger partial charge >= 0.3 is 5.97 Å². The number of benzene rings is 2. The molecule has 2 aromatic rings. The normalized spacial score (nSPS) is 14.9. The minimum atomic E-state index is -3.68. The maximum atomic E-state index is 13.0. The highest BCUT2D eigenvalue weighted by molar-refractivity contribution is 7.89. The van der Waals surface area contributed by atoms with E-state index in [-0.39, 0.29) is 16.2 Å². The van der Waals surface area contributed by atoms with Crippen LogP contribution in [0, 0.1) is 6.92 Å². The standard InChI is InChI=1S/C22H25NO6S/c1-16-6-7-18(14-21(16)30(26,27)23-12-4-3-5-13-23)22(25)29-15-20(24)17-8-10-19(28-2)11-9-17/h6-11,14H,3-5,12-13,15H2,1-2H3. The summed E-state index contributed by atoms with van der Waals surface area (Å²) in [5.74, 6) is -0.489. The number of Topliss-reactive ketones (excluding diaryl/α,β-unsaturated/α-hetero) is 1. The first-order valence-corrected chi connectivity index (χ1v) is 11.2. The summed E-state index contributed by atoms with van der Waals surface area (Å²) in [4.78, 5) is 24.8. The lowest BCUT2D eigenvalue weighted by molar-refractivity contribution is 0.0474. The molecule has 0 radical (unpaired) electrons. The average molecular weight is 432 g/mol.